The van der Waals surface area contributed by atoms with E-state index in [0.29, 0.717) is 6.04 Å². The molecule has 282 valence electrons. The molecule has 0 saturated carbocycles. The van der Waals surface area contributed by atoms with Crippen molar-refractivity contribution in [1.29, 1.82) is 0 Å². The summed E-state index contributed by atoms with van der Waals surface area (Å²) in [7, 11) is 3.45. The Balaban J connectivity index is 1.33. The van der Waals surface area contributed by atoms with Gasteiger partial charge in [0, 0.05) is 49.0 Å². The molecule has 0 atom stereocenters. The minimum Gasteiger partial charge on any atom is -0.493 e. The Morgan fingerprint density at radius 1 is 0.887 bits per heavy atom. The van der Waals surface area contributed by atoms with Gasteiger partial charge in [0.25, 0.3) is 0 Å². The van der Waals surface area contributed by atoms with Gasteiger partial charge in [-0.1, -0.05) is 68.7 Å². The Kier molecular flexibility index (Phi) is 14.6. The third kappa shape index (κ3) is 10.1. The normalized spacial score (nSPS) is 14.4. The highest BCUT2D eigenvalue weighted by molar-refractivity contribution is 7.98. The van der Waals surface area contributed by atoms with Gasteiger partial charge in [0.2, 0.25) is 0 Å². The molecule has 1 aliphatic heterocycles. The fraction of sp³-hybridized carbons (Fsp3) is 0.404. The van der Waals surface area contributed by atoms with E-state index in [1.54, 1.807) is 32.2 Å². The number of hydrogen-bond acceptors (Lipinski definition) is 6. The molecule has 1 heterocycles. The van der Waals surface area contributed by atoms with Crippen molar-refractivity contribution < 1.29 is 9.47 Å². The number of nitrogens with two attached hydrogens (primary N) is 1. The number of anilines is 1. The molecule has 1 aliphatic rings. The first-order valence-corrected chi connectivity index (χ1v) is 20.6. The number of ether oxygens (including phenoxy) is 2. The van der Waals surface area contributed by atoms with Crippen LogP contribution in [0, 0.1) is 13.8 Å². The van der Waals surface area contributed by atoms with E-state index in [-0.39, 0.29) is 0 Å². The summed E-state index contributed by atoms with van der Waals surface area (Å²) in [5.41, 5.74) is 20.2. The van der Waals surface area contributed by atoms with Crippen LogP contribution in [0.4, 0.5) is 5.69 Å². The second-order valence-corrected chi connectivity index (χ2v) is 15.5. The molecule has 5 nitrogen and oxygen atoms in total. The summed E-state index contributed by atoms with van der Waals surface area (Å²) < 4.78 is 11.5. The zero-order valence-electron chi connectivity index (χ0n) is 33.4. The zero-order chi connectivity index (χ0) is 37.9. The molecule has 4 aromatic rings. The van der Waals surface area contributed by atoms with E-state index in [1.807, 2.05) is 0 Å². The number of allylic oxidation sites excluding steroid dienone is 2. The Morgan fingerprint density at radius 3 is 2.25 bits per heavy atom. The standard InChI is InChI=1S/C47H61N3O2S/c1-9-12-37-27-40(25-34(4)35(37)5)42(30-48)24-33(3)31-49-22-20-44(21-23-49)50(43-16-18-45(53-8)19-17-43)32-36-14-11-15-38(26-36)41-28-39(13-10-2)47(52-7)46(29-41)51-6/h11,14-19,24-30,44H,9-10,12-13,20-23,31-32,48H2,1-8H3/b33-24+,42-30+. The van der Waals surface area contributed by atoms with E-state index < -0.39 is 0 Å². The van der Waals surface area contributed by atoms with Crippen molar-refractivity contribution in [1.82, 2.24) is 4.90 Å². The van der Waals surface area contributed by atoms with Crippen LogP contribution in [0.3, 0.4) is 0 Å². The highest BCUT2D eigenvalue weighted by Gasteiger charge is 2.26. The molecule has 5 rings (SSSR count). The van der Waals surface area contributed by atoms with Gasteiger partial charge in [-0.15, -0.1) is 11.8 Å². The molecule has 0 spiro atoms. The lowest BCUT2D eigenvalue weighted by Crippen LogP contribution is -2.45. The zero-order valence-corrected chi connectivity index (χ0v) is 34.2. The van der Waals surface area contributed by atoms with Gasteiger partial charge in [0.15, 0.2) is 11.5 Å². The molecular weight excluding hydrogens is 671 g/mol. The van der Waals surface area contributed by atoms with E-state index in [4.69, 9.17) is 15.2 Å². The number of thioether (sulfide) groups is 1. The van der Waals surface area contributed by atoms with Crippen LogP contribution >= 0.6 is 11.8 Å². The van der Waals surface area contributed by atoms with Gasteiger partial charge in [0.1, 0.15) is 0 Å². The van der Waals surface area contributed by atoms with Gasteiger partial charge in [-0.3, -0.25) is 4.90 Å². The molecule has 4 aromatic carbocycles. The van der Waals surface area contributed by atoms with Crippen LogP contribution in [0.15, 0.2) is 95.5 Å². The van der Waals surface area contributed by atoms with Crippen LogP contribution in [-0.2, 0) is 19.4 Å². The van der Waals surface area contributed by atoms with Crippen LogP contribution in [0.2, 0.25) is 0 Å². The van der Waals surface area contributed by atoms with Crippen LogP contribution in [0.25, 0.3) is 16.7 Å². The first-order valence-electron chi connectivity index (χ1n) is 19.4. The summed E-state index contributed by atoms with van der Waals surface area (Å²) in [5, 5.41) is 0. The molecular formula is C47H61N3O2S. The summed E-state index contributed by atoms with van der Waals surface area (Å²) in [6.45, 7) is 15.1. The lowest BCUT2D eigenvalue weighted by atomic mass is 9.93. The topological polar surface area (TPSA) is 51.0 Å². The van der Waals surface area contributed by atoms with Crippen molar-refractivity contribution in [2.75, 3.05) is 45.0 Å². The van der Waals surface area contributed by atoms with Crippen molar-refractivity contribution in [2.45, 2.75) is 90.6 Å². The molecule has 6 heteroatoms. The van der Waals surface area contributed by atoms with Gasteiger partial charge in [-0.2, -0.15) is 0 Å². The molecule has 2 N–H and O–H groups in total. The lowest BCUT2D eigenvalue weighted by molar-refractivity contribution is 0.223. The van der Waals surface area contributed by atoms with Crippen LogP contribution in [0.5, 0.6) is 11.5 Å². The average Bonchev–Trinajstić information content (AvgIpc) is 3.18. The molecule has 0 radical (unpaired) electrons. The third-order valence-corrected chi connectivity index (χ3v) is 11.5. The molecule has 0 amide bonds. The van der Waals surface area contributed by atoms with Crippen molar-refractivity contribution in [3.05, 3.63) is 124 Å². The SMILES string of the molecule is CCCc1cc(C(/C=C(\C)CN2CCC(N(Cc3cccc(-c4cc(CCC)c(OC)c(OC)c4)c3)c3ccc(SC)cc3)CC2)=C/N)cc(C)c1C. The monoisotopic (exact) mass is 731 g/mol. The van der Waals surface area contributed by atoms with Crippen molar-refractivity contribution in [3.63, 3.8) is 0 Å². The molecule has 0 aliphatic carbocycles. The van der Waals surface area contributed by atoms with Crippen molar-refractivity contribution >= 4 is 23.0 Å². The lowest BCUT2D eigenvalue weighted by Gasteiger charge is -2.40. The quantitative estimate of drug-likeness (QED) is 0.0915. The second kappa shape index (κ2) is 19.3. The molecule has 1 fully saturated rings. The number of aryl methyl sites for hydroxylation is 3. The van der Waals surface area contributed by atoms with E-state index in [1.165, 1.54) is 55.1 Å². The van der Waals surface area contributed by atoms with Crippen molar-refractivity contribution in [2.24, 2.45) is 5.73 Å². The number of piperidine rings is 1. The number of benzene rings is 4. The van der Waals surface area contributed by atoms with E-state index in [0.717, 1.165) is 87.3 Å². The Labute approximate surface area is 324 Å². The third-order valence-electron chi connectivity index (χ3n) is 10.8. The Morgan fingerprint density at radius 2 is 1.60 bits per heavy atom. The largest absolute Gasteiger partial charge is 0.493 e. The average molecular weight is 732 g/mol. The predicted molar refractivity (Wildman–Crippen MR) is 229 cm³/mol. The number of hydrogen-bond donors (Lipinski definition) is 1. The first kappa shape index (κ1) is 40.1. The van der Waals surface area contributed by atoms with Gasteiger partial charge in [-0.05, 0) is 145 Å². The minimum absolute atomic E-state index is 0.448. The molecule has 1 saturated heterocycles. The Hall–Kier alpha value is -4.13. The maximum Gasteiger partial charge on any atom is 0.163 e. The van der Waals surface area contributed by atoms with Crippen LogP contribution in [0.1, 0.15) is 79.8 Å². The van der Waals surface area contributed by atoms with Crippen molar-refractivity contribution in [3.8, 4) is 22.6 Å². The number of nitrogens with zero attached hydrogens (tertiary/aromatic N) is 2. The van der Waals surface area contributed by atoms with Gasteiger partial charge >= 0.3 is 0 Å². The predicted octanol–water partition coefficient (Wildman–Crippen LogP) is 11.0. The number of methoxy groups -OCH3 is 2. The first-order chi connectivity index (χ1) is 25.7. The minimum atomic E-state index is 0.448. The van der Waals surface area contributed by atoms with Gasteiger partial charge in [-0.25, -0.2) is 0 Å². The molecule has 0 unspecified atom stereocenters. The van der Waals surface area contributed by atoms with E-state index in [9.17, 15) is 0 Å². The highest BCUT2D eigenvalue weighted by Crippen LogP contribution is 2.38. The molecule has 0 bridgehead atoms. The fourth-order valence-corrected chi connectivity index (χ4v) is 8.23. The summed E-state index contributed by atoms with van der Waals surface area (Å²) in [4.78, 5) is 6.54. The van der Waals surface area contributed by atoms with E-state index >= 15 is 0 Å². The smallest absolute Gasteiger partial charge is 0.163 e. The number of rotatable bonds is 16. The number of likely N-dealkylation sites (tertiary alicyclic amines) is 1. The van der Waals surface area contributed by atoms with Crippen LogP contribution < -0.4 is 20.1 Å². The maximum atomic E-state index is 6.23. The molecule has 0 aromatic heterocycles. The summed E-state index contributed by atoms with van der Waals surface area (Å²) in [6, 6.07) is 27.6. The van der Waals surface area contributed by atoms with Gasteiger partial charge < -0.3 is 20.1 Å². The summed E-state index contributed by atoms with van der Waals surface area (Å²) >= 11 is 1.79. The summed E-state index contributed by atoms with van der Waals surface area (Å²) in [5.74, 6) is 1.62. The second-order valence-electron chi connectivity index (χ2n) is 14.6. The maximum absolute atomic E-state index is 6.23. The van der Waals surface area contributed by atoms with Crippen LogP contribution in [-0.4, -0.2) is 51.1 Å². The van der Waals surface area contributed by atoms with E-state index in [2.05, 4.69) is 130 Å². The fourth-order valence-electron chi connectivity index (χ4n) is 7.82. The highest BCUT2D eigenvalue weighted by atomic mass is 32.2. The molecule has 53 heavy (non-hydrogen) atoms. The van der Waals surface area contributed by atoms with Gasteiger partial charge in [0.05, 0.1) is 14.2 Å². The summed E-state index contributed by atoms with van der Waals surface area (Å²) in [6.07, 6.45) is 12.7. The Bertz CT molecular complexity index is 1870.